The molecule has 7 heteroatoms. The second-order valence-electron chi connectivity index (χ2n) is 6.38. The lowest BCUT2D eigenvalue weighted by molar-refractivity contribution is 0.0711. The van der Waals surface area contributed by atoms with Crippen LogP contribution in [0, 0.1) is 5.92 Å². The average molecular weight is 466 g/mol. The lowest BCUT2D eigenvalue weighted by atomic mass is 10.1. The van der Waals surface area contributed by atoms with Crippen molar-refractivity contribution in [3.63, 3.8) is 0 Å². The monoisotopic (exact) mass is 466 g/mol. The van der Waals surface area contributed by atoms with Gasteiger partial charge in [0.25, 0.3) is 0 Å². The van der Waals surface area contributed by atoms with Crippen molar-refractivity contribution >= 4 is 41.3 Å². The fourth-order valence-corrected chi connectivity index (χ4v) is 3.62. The summed E-state index contributed by atoms with van der Waals surface area (Å²) < 4.78 is 0. The SMILES string of the molecule is CCNC(=NCC(C)(O)c1cccs1)NCC1CCN(CC)C1.I. The van der Waals surface area contributed by atoms with Crippen LogP contribution < -0.4 is 10.6 Å². The molecule has 0 saturated carbocycles. The van der Waals surface area contributed by atoms with Crippen LogP contribution >= 0.6 is 35.3 Å². The smallest absolute Gasteiger partial charge is 0.191 e. The Morgan fingerprint density at radius 3 is 2.83 bits per heavy atom. The summed E-state index contributed by atoms with van der Waals surface area (Å²) in [5, 5.41) is 19.3. The highest BCUT2D eigenvalue weighted by Gasteiger charge is 2.24. The van der Waals surface area contributed by atoms with E-state index in [1.807, 2.05) is 24.4 Å². The maximum absolute atomic E-state index is 10.6. The quantitative estimate of drug-likeness (QED) is 0.328. The number of aliphatic hydroxyl groups is 1. The molecule has 0 radical (unpaired) electrons. The fourth-order valence-electron chi connectivity index (χ4n) is 2.85. The van der Waals surface area contributed by atoms with E-state index in [4.69, 9.17) is 0 Å². The summed E-state index contributed by atoms with van der Waals surface area (Å²) in [6.45, 7) is 11.7. The van der Waals surface area contributed by atoms with Gasteiger partial charge in [-0.25, -0.2) is 4.99 Å². The number of halogens is 1. The molecule has 138 valence electrons. The fraction of sp³-hybridized carbons (Fsp3) is 0.706. The van der Waals surface area contributed by atoms with Crippen molar-refractivity contribution in [3.8, 4) is 0 Å². The highest BCUT2D eigenvalue weighted by Crippen LogP contribution is 2.25. The van der Waals surface area contributed by atoms with E-state index in [-0.39, 0.29) is 24.0 Å². The molecule has 1 aliphatic rings. The summed E-state index contributed by atoms with van der Waals surface area (Å²) in [6.07, 6.45) is 1.24. The maximum Gasteiger partial charge on any atom is 0.191 e. The zero-order chi connectivity index (χ0) is 16.7. The number of likely N-dealkylation sites (tertiary alicyclic amines) is 1. The molecule has 1 fully saturated rings. The predicted octanol–water partition coefficient (Wildman–Crippen LogP) is 2.47. The van der Waals surface area contributed by atoms with Crippen LogP contribution in [0.2, 0.25) is 0 Å². The first kappa shape index (κ1) is 21.7. The van der Waals surface area contributed by atoms with Gasteiger partial charge in [-0.3, -0.25) is 0 Å². The molecule has 0 aromatic carbocycles. The van der Waals surface area contributed by atoms with E-state index in [0.29, 0.717) is 12.5 Å². The normalized spacial score (nSPS) is 21.2. The molecule has 2 rings (SSSR count). The first-order valence-electron chi connectivity index (χ1n) is 8.56. The second-order valence-corrected chi connectivity index (χ2v) is 7.32. The van der Waals surface area contributed by atoms with Gasteiger partial charge in [-0.2, -0.15) is 0 Å². The molecule has 1 aliphatic heterocycles. The molecule has 1 aromatic rings. The Bertz CT molecular complexity index is 493. The van der Waals surface area contributed by atoms with Gasteiger partial charge < -0.3 is 20.6 Å². The number of rotatable bonds is 7. The summed E-state index contributed by atoms with van der Waals surface area (Å²) in [7, 11) is 0. The Hall–Kier alpha value is -0.380. The van der Waals surface area contributed by atoms with Crippen LogP contribution in [-0.2, 0) is 5.60 Å². The van der Waals surface area contributed by atoms with Crippen molar-refractivity contribution in [2.24, 2.45) is 10.9 Å². The Labute approximate surface area is 167 Å². The van der Waals surface area contributed by atoms with Crippen LogP contribution in [-0.4, -0.2) is 55.2 Å². The van der Waals surface area contributed by atoms with E-state index < -0.39 is 5.60 Å². The minimum Gasteiger partial charge on any atom is -0.383 e. The van der Waals surface area contributed by atoms with E-state index in [0.717, 1.165) is 37.0 Å². The largest absolute Gasteiger partial charge is 0.383 e. The van der Waals surface area contributed by atoms with Gasteiger partial charge >= 0.3 is 0 Å². The van der Waals surface area contributed by atoms with Crippen molar-refractivity contribution in [1.82, 2.24) is 15.5 Å². The third kappa shape index (κ3) is 6.50. The molecule has 0 amide bonds. The molecule has 3 N–H and O–H groups in total. The Kier molecular flexibility index (Phi) is 9.54. The molecule has 2 heterocycles. The van der Waals surface area contributed by atoms with Crippen molar-refractivity contribution in [3.05, 3.63) is 22.4 Å². The number of nitrogens with one attached hydrogen (secondary N) is 2. The molecular formula is C17H31IN4OS. The number of aliphatic imine (C=N–C) groups is 1. The topological polar surface area (TPSA) is 59.9 Å². The van der Waals surface area contributed by atoms with Gasteiger partial charge in [0.15, 0.2) is 5.96 Å². The molecule has 5 nitrogen and oxygen atoms in total. The van der Waals surface area contributed by atoms with E-state index >= 15 is 0 Å². The van der Waals surface area contributed by atoms with Crippen molar-refractivity contribution in [2.75, 3.05) is 39.3 Å². The van der Waals surface area contributed by atoms with E-state index in [9.17, 15) is 5.11 Å². The predicted molar refractivity (Wildman–Crippen MR) is 114 cm³/mol. The van der Waals surface area contributed by atoms with Crippen LogP contribution in [0.15, 0.2) is 22.5 Å². The molecule has 24 heavy (non-hydrogen) atoms. The van der Waals surface area contributed by atoms with Gasteiger partial charge in [-0.05, 0) is 50.7 Å². The van der Waals surface area contributed by atoms with Crippen LogP contribution in [0.1, 0.15) is 32.1 Å². The van der Waals surface area contributed by atoms with E-state index in [1.165, 1.54) is 13.0 Å². The zero-order valence-corrected chi connectivity index (χ0v) is 18.1. The minimum atomic E-state index is -0.914. The first-order valence-corrected chi connectivity index (χ1v) is 9.44. The third-order valence-corrected chi connectivity index (χ3v) is 5.44. The van der Waals surface area contributed by atoms with Gasteiger partial charge in [0.1, 0.15) is 5.60 Å². The molecular weight excluding hydrogens is 435 g/mol. The van der Waals surface area contributed by atoms with E-state index in [2.05, 4.69) is 34.4 Å². The number of thiophene rings is 1. The van der Waals surface area contributed by atoms with Gasteiger partial charge in [0.2, 0.25) is 0 Å². The average Bonchev–Trinajstić information content (AvgIpc) is 3.21. The summed E-state index contributed by atoms with van der Waals surface area (Å²) in [5.41, 5.74) is -0.914. The Morgan fingerprint density at radius 2 is 2.25 bits per heavy atom. The summed E-state index contributed by atoms with van der Waals surface area (Å²) in [4.78, 5) is 8.01. The van der Waals surface area contributed by atoms with Crippen molar-refractivity contribution in [1.29, 1.82) is 0 Å². The van der Waals surface area contributed by atoms with Crippen LogP contribution in [0.25, 0.3) is 0 Å². The lowest BCUT2D eigenvalue weighted by Crippen LogP contribution is -2.41. The molecule has 0 aliphatic carbocycles. The highest BCUT2D eigenvalue weighted by atomic mass is 127. The van der Waals surface area contributed by atoms with Gasteiger partial charge in [0, 0.05) is 24.5 Å². The summed E-state index contributed by atoms with van der Waals surface area (Å²) >= 11 is 1.57. The third-order valence-electron chi connectivity index (χ3n) is 4.32. The van der Waals surface area contributed by atoms with E-state index in [1.54, 1.807) is 11.3 Å². The number of hydrogen-bond acceptors (Lipinski definition) is 4. The molecule has 0 bridgehead atoms. The number of nitrogens with zero attached hydrogens (tertiary/aromatic N) is 2. The van der Waals surface area contributed by atoms with Gasteiger partial charge in [-0.1, -0.05) is 13.0 Å². The number of guanidine groups is 1. The zero-order valence-electron chi connectivity index (χ0n) is 14.9. The molecule has 1 aromatic heterocycles. The summed E-state index contributed by atoms with van der Waals surface area (Å²) in [5.74, 6) is 1.47. The van der Waals surface area contributed by atoms with Crippen molar-refractivity contribution in [2.45, 2.75) is 32.8 Å². The number of hydrogen-bond donors (Lipinski definition) is 3. The Morgan fingerprint density at radius 1 is 1.46 bits per heavy atom. The maximum atomic E-state index is 10.6. The van der Waals surface area contributed by atoms with Crippen molar-refractivity contribution < 1.29 is 5.11 Å². The molecule has 2 atom stereocenters. The summed E-state index contributed by atoms with van der Waals surface area (Å²) in [6, 6.07) is 3.92. The lowest BCUT2D eigenvalue weighted by Gasteiger charge is -2.21. The Balaban J connectivity index is 0.00000288. The van der Waals surface area contributed by atoms with Crippen LogP contribution in [0.3, 0.4) is 0 Å². The molecule has 2 unspecified atom stereocenters. The highest BCUT2D eigenvalue weighted by molar-refractivity contribution is 14.0. The minimum absolute atomic E-state index is 0. The second kappa shape index (κ2) is 10.6. The van der Waals surface area contributed by atoms with Gasteiger partial charge in [0.05, 0.1) is 6.54 Å². The van der Waals surface area contributed by atoms with Gasteiger partial charge in [-0.15, -0.1) is 35.3 Å². The molecule has 1 saturated heterocycles. The standard InChI is InChI=1S/C17H30N4OS.HI/c1-4-18-16(19-11-14-8-9-21(5-2)12-14)20-13-17(3,22)15-7-6-10-23-15;/h6-7,10,14,22H,4-5,8-9,11-13H2,1-3H3,(H2,18,19,20);1H. The van der Waals surface area contributed by atoms with Crippen LogP contribution in [0.4, 0.5) is 0 Å². The molecule has 0 spiro atoms. The first-order chi connectivity index (χ1) is 11.0. The van der Waals surface area contributed by atoms with Crippen LogP contribution in [0.5, 0.6) is 0 Å².